The van der Waals surface area contributed by atoms with Crippen LogP contribution in [0, 0.1) is 0 Å². The molecule has 1 unspecified atom stereocenters. The summed E-state index contributed by atoms with van der Waals surface area (Å²) in [6.45, 7) is 5.74. The second-order valence-corrected chi connectivity index (χ2v) is 6.31. The van der Waals surface area contributed by atoms with Crippen molar-refractivity contribution in [2.45, 2.75) is 51.6 Å². The Balaban J connectivity index is 2.46. The van der Waals surface area contributed by atoms with Gasteiger partial charge in [-0.2, -0.15) is 0 Å². The van der Waals surface area contributed by atoms with Gasteiger partial charge < -0.3 is 5.11 Å². The van der Waals surface area contributed by atoms with Crippen molar-refractivity contribution in [2.75, 3.05) is 0 Å². The van der Waals surface area contributed by atoms with Crippen LogP contribution in [-0.4, -0.2) is 27.9 Å². The van der Waals surface area contributed by atoms with E-state index in [9.17, 15) is 14.7 Å². The number of benzene rings is 1. The van der Waals surface area contributed by atoms with Gasteiger partial charge in [-0.05, 0) is 57.2 Å². The molecule has 0 radical (unpaired) electrons. The average Bonchev–Trinajstić information content (AvgIpc) is 2.36. The Hall–Kier alpha value is -1.84. The predicted molar refractivity (Wildman–Crippen MR) is 77.1 cm³/mol. The van der Waals surface area contributed by atoms with E-state index < -0.39 is 11.6 Å². The fraction of sp³-hybridized carbons (Fsp3) is 0.500. The number of carboxylic acid groups (broad SMARTS) is 1. The van der Waals surface area contributed by atoms with Crippen LogP contribution < -0.4 is 0 Å². The standard InChI is InChI=1S/C16H21NO3/c1-16(2,3)17(15(19)20)14-6-4-5-12-9-11(10-18)7-8-13(12)14/h7-10,14H,4-6H2,1-3H3,(H,19,20). The van der Waals surface area contributed by atoms with E-state index in [2.05, 4.69) is 0 Å². The van der Waals surface area contributed by atoms with Crippen LogP contribution in [0.25, 0.3) is 0 Å². The van der Waals surface area contributed by atoms with Crippen LogP contribution >= 0.6 is 0 Å². The lowest BCUT2D eigenvalue weighted by Crippen LogP contribution is -2.48. The quantitative estimate of drug-likeness (QED) is 0.838. The van der Waals surface area contributed by atoms with E-state index in [0.29, 0.717) is 5.56 Å². The Labute approximate surface area is 119 Å². The molecular weight excluding hydrogens is 254 g/mol. The zero-order valence-corrected chi connectivity index (χ0v) is 12.2. The van der Waals surface area contributed by atoms with Crippen LogP contribution in [0.3, 0.4) is 0 Å². The smallest absolute Gasteiger partial charge is 0.408 e. The summed E-state index contributed by atoms with van der Waals surface area (Å²) in [6, 6.07) is 5.44. The van der Waals surface area contributed by atoms with Crippen molar-refractivity contribution in [3.05, 3.63) is 34.9 Å². The second-order valence-electron chi connectivity index (χ2n) is 6.31. The largest absolute Gasteiger partial charge is 0.465 e. The number of aryl methyl sites for hydroxylation is 1. The molecule has 1 amide bonds. The molecule has 1 aromatic carbocycles. The molecule has 0 spiro atoms. The van der Waals surface area contributed by atoms with Gasteiger partial charge >= 0.3 is 6.09 Å². The van der Waals surface area contributed by atoms with E-state index in [4.69, 9.17) is 0 Å². The minimum Gasteiger partial charge on any atom is -0.465 e. The maximum Gasteiger partial charge on any atom is 0.408 e. The highest BCUT2D eigenvalue weighted by Gasteiger charge is 2.36. The molecule has 2 rings (SSSR count). The van der Waals surface area contributed by atoms with E-state index in [0.717, 1.165) is 36.7 Å². The van der Waals surface area contributed by atoms with E-state index in [1.54, 1.807) is 6.07 Å². The van der Waals surface area contributed by atoms with E-state index in [1.165, 1.54) is 4.90 Å². The van der Waals surface area contributed by atoms with E-state index in [-0.39, 0.29) is 6.04 Å². The molecule has 0 saturated carbocycles. The number of hydrogen-bond acceptors (Lipinski definition) is 2. The molecule has 0 heterocycles. The Kier molecular flexibility index (Phi) is 3.84. The van der Waals surface area contributed by atoms with Gasteiger partial charge in [0, 0.05) is 11.1 Å². The van der Waals surface area contributed by atoms with Crippen LogP contribution in [0.1, 0.15) is 61.1 Å². The maximum atomic E-state index is 11.6. The monoisotopic (exact) mass is 275 g/mol. The highest BCUT2D eigenvalue weighted by Crippen LogP contribution is 2.38. The average molecular weight is 275 g/mol. The number of hydrogen-bond donors (Lipinski definition) is 1. The summed E-state index contributed by atoms with van der Waals surface area (Å²) in [4.78, 5) is 24.1. The first-order valence-electron chi connectivity index (χ1n) is 6.95. The molecule has 0 bridgehead atoms. The van der Waals surface area contributed by atoms with Gasteiger partial charge in [-0.25, -0.2) is 4.79 Å². The van der Waals surface area contributed by atoms with Crippen LogP contribution in [0.4, 0.5) is 4.79 Å². The summed E-state index contributed by atoms with van der Waals surface area (Å²) in [5, 5.41) is 9.56. The summed E-state index contributed by atoms with van der Waals surface area (Å²) in [5.41, 5.74) is 2.34. The molecule has 1 aliphatic rings. The van der Waals surface area contributed by atoms with Crippen LogP contribution in [-0.2, 0) is 6.42 Å². The molecule has 1 aromatic rings. The summed E-state index contributed by atoms with van der Waals surface area (Å²) in [5.74, 6) is 0. The van der Waals surface area contributed by atoms with Gasteiger partial charge in [0.2, 0.25) is 0 Å². The van der Waals surface area contributed by atoms with Crippen molar-refractivity contribution in [1.82, 2.24) is 4.90 Å². The first kappa shape index (κ1) is 14.6. The molecule has 1 aliphatic carbocycles. The van der Waals surface area contributed by atoms with Gasteiger partial charge in [0.25, 0.3) is 0 Å². The van der Waals surface area contributed by atoms with Crippen molar-refractivity contribution in [3.63, 3.8) is 0 Å². The topological polar surface area (TPSA) is 57.6 Å². The maximum absolute atomic E-state index is 11.6. The van der Waals surface area contributed by atoms with Gasteiger partial charge in [-0.15, -0.1) is 0 Å². The van der Waals surface area contributed by atoms with Crippen molar-refractivity contribution in [3.8, 4) is 0 Å². The van der Waals surface area contributed by atoms with Crippen LogP contribution in [0.5, 0.6) is 0 Å². The normalized spacial score (nSPS) is 18.2. The number of fused-ring (bicyclic) bond motifs is 1. The summed E-state index contributed by atoms with van der Waals surface area (Å²) in [7, 11) is 0. The molecule has 1 N–H and O–H groups in total. The number of amides is 1. The molecule has 20 heavy (non-hydrogen) atoms. The SMILES string of the molecule is CC(C)(C)N(C(=O)O)C1CCCc2cc(C=O)ccc21. The molecule has 4 nitrogen and oxygen atoms in total. The third kappa shape index (κ3) is 2.69. The van der Waals surface area contributed by atoms with Crippen molar-refractivity contribution >= 4 is 12.4 Å². The minimum atomic E-state index is -0.894. The van der Waals surface area contributed by atoms with E-state index in [1.807, 2.05) is 32.9 Å². The first-order chi connectivity index (χ1) is 9.34. The van der Waals surface area contributed by atoms with Gasteiger partial charge in [-0.3, -0.25) is 9.69 Å². The highest BCUT2D eigenvalue weighted by atomic mass is 16.4. The van der Waals surface area contributed by atoms with Gasteiger partial charge in [0.1, 0.15) is 6.29 Å². The van der Waals surface area contributed by atoms with Gasteiger partial charge in [-0.1, -0.05) is 12.1 Å². The fourth-order valence-corrected chi connectivity index (χ4v) is 3.04. The Bertz CT molecular complexity index is 531. The number of aldehydes is 1. The zero-order chi connectivity index (χ0) is 14.9. The van der Waals surface area contributed by atoms with Gasteiger partial charge in [0.15, 0.2) is 0 Å². The molecule has 4 heteroatoms. The Morgan fingerprint density at radius 1 is 1.40 bits per heavy atom. The van der Waals surface area contributed by atoms with Crippen LogP contribution in [0.2, 0.25) is 0 Å². The van der Waals surface area contributed by atoms with Crippen molar-refractivity contribution in [1.29, 1.82) is 0 Å². The lowest BCUT2D eigenvalue weighted by atomic mass is 9.84. The number of carbonyl (C=O) groups is 2. The molecule has 1 atom stereocenters. The summed E-state index contributed by atoms with van der Waals surface area (Å²) in [6.07, 6.45) is 2.62. The number of carbonyl (C=O) groups excluding carboxylic acids is 1. The zero-order valence-electron chi connectivity index (χ0n) is 12.2. The lowest BCUT2D eigenvalue weighted by molar-refractivity contribution is 0.0637. The Morgan fingerprint density at radius 2 is 2.10 bits per heavy atom. The lowest BCUT2D eigenvalue weighted by Gasteiger charge is -2.42. The summed E-state index contributed by atoms with van der Waals surface area (Å²) >= 11 is 0. The Morgan fingerprint density at radius 3 is 2.65 bits per heavy atom. The van der Waals surface area contributed by atoms with Crippen molar-refractivity contribution in [2.24, 2.45) is 0 Å². The van der Waals surface area contributed by atoms with Crippen molar-refractivity contribution < 1.29 is 14.7 Å². The third-order valence-electron chi connectivity index (χ3n) is 3.83. The van der Waals surface area contributed by atoms with Gasteiger partial charge in [0.05, 0.1) is 6.04 Å². The second kappa shape index (κ2) is 5.27. The highest BCUT2D eigenvalue weighted by molar-refractivity contribution is 5.75. The number of rotatable bonds is 2. The van der Waals surface area contributed by atoms with Crippen LogP contribution in [0.15, 0.2) is 18.2 Å². The fourth-order valence-electron chi connectivity index (χ4n) is 3.04. The predicted octanol–water partition coefficient (Wildman–Crippen LogP) is 3.66. The minimum absolute atomic E-state index is 0.128. The molecule has 0 aliphatic heterocycles. The summed E-state index contributed by atoms with van der Waals surface area (Å²) < 4.78 is 0. The molecular formula is C16H21NO3. The molecule has 108 valence electrons. The number of nitrogens with zero attached hydrogens (tertiary/aromatic N) is 1. The third-order valence-corrected chi connectivity index (χ3v) is 3.83. The van der Waals surface area contributed by atoms with E-state index >= 15 is 0 Å². The molecule has 0 aromatic heterocycles. The molecule has 0 fully saturated rings. The molecule has 0 saturated heterocycles. The first-order valence-corrected chi connectivity index (χ1v) is 6.95.